The molecule has 0 spiro atoms. The van der Waals surface area contributed by atoms with Gasteiger partial charge in [-0.25, -0.2) is 0 Å². The number of ether oxygens (including phenoxy) is 1. The minimum absolute atomic E-state index is 0.0156. The van der Waals surface area contributed by atoms with Crippen molar-refractivity contribution >= 4 is 0 Å². The van der Waals surface area contributed by atoms with Crippen molar-refractivity contribution in [3.05, 3.63) is 0 Å². The first-order valence-corrected chi connectivity index (χ1v) is 4.13. The van der Waals surface area contributed by atoms with Gasteiger partial charge in [-0.15, -0.1) is 0 Å². The van der Waals surface area contributed by atoms with Crippen LogP contribution in [0, 0.1) is 0 Å². The number of rotatable bonds is 2. The Morgan fingerprint density at radius 2 is 2.36 bits per heavy atom. The lowest BCUT2D eigenvalue weighted by molar-refractivity contribution is -0.0882. The number of morpholine rings is 1. The van der Waals surface area contributed by atoms with Gasteiger partial charge in [0.25, 0.3) is 0 Å². The van der Waals surface area contributed by atoms with Crippen molar-refractivity contribution < 1.29 is 4.74 Å². The van der Waals surface area contributed by atoms with E-state index < -0.39 is 0 Å². The van der Waals surface area contributed by atoms with Crippen LogP contribution in [0.5, 0.6) is 0 Å². The Hall–Kier alpha value is -0.120. The van der Waals surface area contributed by atoms with Crippen molar-refractivity contribution in [3.8, 4) is 0 Å². The van der Waals surface area contributed by atoms with Gasteiger partial charge in [0.2, 0.25) is 0 Å². The SMILES string of the molecule is CNCC1(C)CN(C)CCO1. The Morgan fingerprint density at radius 1 is 1.64 bits per heavy atom. The highest BCUT2D eigenvalue weighted by atomic mass is 16.5. The zero-order chi connectivity index (χ0) is 8.32. The van der Waals surface area contributed by atoms with E-state index in [9.17, 15) is 0 Å². The maximum absolute atomic E-state index is 5.67. The Balaban J connectivity index is 2.41. The summed E-state index contributed by atoms with van der Waals surface area (Å²) < 4.78 is 5.67. The summed E-state index contributed by atoms with van der Waals surface area (Å²) in [4.78, 5) is 2.31. The monoisotopic (exact) mass is 158 g/mol. The summed E-state index contributed by atoms with van der Waals surface area (Å²) in [5.74, 6) is 0. The molecule has 1 aliphatic heterocycles. The fourth-order valence-electron chi connectivity index (χ4n) is 1.62. The van der Waals surface area contributed by atoms with E-state index in [1.165, 1.54) is 0 Å². The first kappa shape index (κ1) is 8.97. The fourth-order valence-corrected chi connectivity index (χ4v) is 1.62. The molecular formula is C8H18N2O. The number of nitrogens with one attached hydrogen (secondary N) is 1. The summed E-state index contributed by atoms with van der Waals surface area (Å²) in [5.41, 5.74) is 0.0156. The van der Waals surface area contributed by atoms with E-state index >= 15 is 0 Å². The van der Waals surface area contributed by atoms with E-state index in [4.69, 9.17) is 4.74 Å². The van der Waals surface area contributed by atoms with Crippen molar-refractivity contribution in [1.29, 1.82) is 0 Å². The van der Waals surface area contributed by atoms with E-state index in [0.717, 1.165) is 26.2 Å². The molecule has 1 fully saturated rings. The quantitative estimate of drug-likeness (QED) is 0.608. The second-order valence-corrected chi connectivity index (χ2v) is 3.57. The number of hydrogen-bond acceptors (Lipinski definition) is 3. The van der Waals surface area contributed by atoms with Gasteiger partial charge < -0.3 is 15.0 Å². The maximum Gasteiger partial charge on any atom is 0.0904 e. The van der Waals surface area contributed by atoms with Gasteiger partial charge >= 0.3 is 0 Å². The summed E-state index contributed by atoms with van der Waals surface area (Å²) >= 11 is 0. The first-order chi connectivity index (χ1) is 5.16. The van der Waals surface area contributed by atoms with Crippen molar-refractivity contribution in [1.82, 2.24) is 10.2 Å². The molecule has 1 atom stereocenters. The van der Waals surface area contributed by atoms with Gasteiger partial charge in [-0.1, -0.05) is 0 Å². The molecule has 3 heteroatoms. The van der Waals surface area contributed by atoms with Crippen molar-refractivity contribution in [2.45, 2.75) is 12.5 Å². The van der Waals surface area contributed by atoms with Crippen LogP contribution in [0.4, 0.5) is 0 Å². The zero-order valence-electron chi connectivity index (χ0n) is 7.68. The molecule has 11 heavy (non-hydrogen) atoms. The van der Waals surface area contributed by atoms with Crippen molar-refractivity contribution in [2.75, 3.05) is 40.3 Å². The molecule has 1 saturated heterocycles. The summed E-state index contributed by atoms with van der Waals surface area (Å²) in [6.07, 6.45) is 0. The van der Waals surface area contributed by atoms with Gasteiger partial charge in [0.05, 0.1) is 12.2 Å². The molecule has 0 aromatic rings. The minimum Gasteiger partial charge on any atom is -0.371 e. The van der Waals surface area contributed by atoms with Gasteiger partial charge in [-0.05, 0) is 21.0 Å². The Morgan fingerprint density at radius 3 is 2.91 bits per heavy atom. The minimum atomic E-state index is 0.0156. The van der Waals surface area contributed by atoms with Crippen molar-refractivity contribution in [3.63, 3.8) is 0 Å². The molecular weight excluding hydrogens is 140 g/mol. The average molecular weight is 158 g/mol. The van der Waals surface area contributed by atoms with Crippen molar-refractivity contribution in [2.24, 2.45) is 0 Å². The molecule has 0 radical (unpaired) electrons. The highest BCUT2D eigenvalue weighted by Crippen LogP contribution is 2.14. The lowest BCUT2D eigenvalue weighted by atomic mass is 10.1. The Labute approximate surface area is 68.7 Å². The molecule has 0 aliphatic carbocycles. The molecule has 3 nitrogen and oxygen atoms in total. The molecule has 1 heterocycles. The highest BCUT2D eigenvalue weighted by Gasteiger charge is 2.29. The number of hydrogen-bond donors (Lipinski definition) is 1. The van der Waals surface area contributed by atoms with Crippen LogP contribution in [-0.4, -0.2) is 50.8 Å². The van der Waals surface area contributed by atoms with Gasteiger partial charge in [0.1, 0.15) is 0 Å². The number of nitrogens with zero attached hydrogens (tertiary/aromatic N) is 1. The Kier molecular flexibility index (Phi) is 2.87. The molecule has 0 aromatic heterocycles. The van der Waals surface area contributed by atoms with E-state index in [0.29, 0.717) is 0 Å². The summed E-state index contributed by atoms with van der Waals surface area (Å²) in [6.45, 7) is 6.01. The molecule has 1 N–H and O–H groups in total. The molecule has 1 rings (SSSR count). The van der Waals surface area contributed by atoms with Gasteiger partial charge in [0.15, 0.2) is 0 Å². The predicted molar refractivity (Wildman–Crippen MR) is 45.8 cm³/mol. The molecule has 1 unspecified atom stereocenters. The van der Waals surface area contributed by atoms with Gasteiger partial charge in [-0.2, -0.15) is 0 Å². The van der Waals surface area contributed by atoms with Crippen LogP contribution < -0.4 is 5.32 Å². The van der Waals surface area contributed by atoms with Crippen LogP contribution in [0.1, 0.15) is 6.92 Å². The largest absolute Gasteiger partial charge is 0.371 e. The summed E-state index contributed by atoms with van der Waals surface area (Å²) in [7, 11) is 4.10. The second kappa shape index (κ2) is 3.52. The van der Waals surface area contributed by atoms with E-state index in [2.05, 4.69) is 24.2 Å². The predicted octanol–water partition coefficient (Wildman–Crippen LogP) is -0.0735. The smallest absolute Gasteiger partial charge is 0.0904 e. The lowest BCUT2D eigenvalue weighted by Crippen LogP contribution is -2.53. The normalized spacial score (nSPS) is 34.1. The standard InChI is InChI=1S/C8H18N2O/c1-8(6-9-2)7-10(3)4-5-11-8/h9H,4-7H2,1-3H3. The molecule has 0 amide bonds. The third-order valence-electron chi connectivity index (χ3n) is 2.08. The maximum atomic E-state index is 5.67. The second-order valence-electron chi connectivity index (χ2n) is 3.57. The topological polar surface area (TPSA) is 24.5 Å². The van der Waals surface area contributed by atoms with E-state index in [1.54, 1.807) is 0 Å². The van der Waals surface area contributed by atoms with Crippen LogP contribution >= 0.6 is 0 Å². The summed E-state index contributed by atoms with van der Waals surface area (Å²) in [6, 6.07) is 0. The van der Waals surface area contributed by atoms with Crippen LogP contribution in [-0.2, 0) is 4.74 Å². The molecule has 0 aromatic carbocycles. The van der Waals surface area contributed by atoms with E-state index in [-0.39, 0.29) is 5.60 Å². The molecule has 66 valence electrons. The highest BCUT2D eigenvalue weighted by molar-refractivity contribution is 4.83. The van der Waals surface area contributed by atoms with Crippen LogP contribution in [0.15, 0.2) is 0 Å². The van der Waals surface area contributed by atoms with E-state index in [1.807, 2.05) is 7.05 Å². The van der Waals surface area contributed by atoms with Crippen LogP contribution in [0.25, 0.3) is 0 Å². The van der Waals surface area contributed by atoms with Crippen LogP contribution in [0.3, 0.4) is 0 Å². The Bertz CT molecular complexity index is 125. The van der Waals surface area contributed by atoms with Gasteiger partial charge in [0, 0.05) is 19.6 Å². The average Bonchev–Trinajstić information content (AvgIpc) is 1.86. The third-order valence-corrected chi connectivity index (χ3v) is 2.08. The molecule has 0 bridgehead atoms. The van der Waals surface area contributed by atoms with Crippen LogP contribution in [0.2, 0.25) is 0 Å². The molecule has 0 saturated carbocycles. The lowest BCUT2D eigenvalue weighted by Gasteiger charge is -2.38. The third kappa shape index (κ3) is 2.43. The fraction of sp³-hybridized carbons (Fsp3) is 1.00. The molecule has 1 aliphatic rings. The van der Waals surface area contributed by atoms with Gasteiger partial charge in [-0.3, -0.25) is 0 Å². The first-order valence-electron chi connectivity index (χ1n) is 4.13. The summed E-state index contributed by atoms with van der Waals surface area (Å²) in [5, 5.41) is 3.15. The zero-order valence-corrected chi connectivity index (χ0v) is 7.68. The number of likely N-dealkylation sites (N-methyl/N-ethyl adjacent to an activating group) is 2.